The second-order valence-electron chi connectivity index (χ2n) is 5.49. The van der Waals surface area contributed by atoms with Crippen LogP contribution in [0.25, 0.3) is 11.3 Å². The van der Waals surface area contributed by atoms with E-state index in [2.05, 4.69) is 42.9 Å². The predicted octanol–water partition coefficient (Wildman–Crippen LogP) is 3.03. The molecule has 2 aromatic rings. The highest BCUT2D eigenvalue weighted by Gasteiger charge is 2.17. The monoisotopic (exact) mass is 257 g/mol. The average Bonchev–Trinajstić information content (AvgIpc) is 2.37. The molecule has 0 aliphatic heterocycles. The molecule has 2 N–H and O–H groups in total. The third-order valence-corrected chi connectivity index (χ3v) is 3.03. The first-order chi connectivity index (χ1) is 8.91. The number of ether oxygens (including phenoxy) is 1. The molecule has 0 saturated carbocycles. The van der Waals surface area contributed by atoms with Gasteiger partial charge in [0.1, 0.15) is 17.9 Å². The van der Waals surface area contributed by atoms with Gasteiger partial charge in [-0.2, -0.15) is 0 Å². The van der Waals surface area contributed by atoms with Crippen LogP contribution in [0, 0.1) is 0 Å². The predicted molar refractivity (Wildman–Crippen MR) is 77.1 cm³/mol. The van der Waals surface area contributed by atoms with Crippen molar-refractivity contribution in [2.24, 2.45) is 0 Å². The molecular formula is C15H19N3O. The maximum Gasteiger partial charge on any atom is 0.128 e. The van der Waals surface area contributed by atoms with E-state index < -0.39 is 0 Å². The van der Waals surface area contributed by atoms with Gasteiger partial charge in [-0.05, 0) is 23.1 Å². The van der Waals surface area contributed by atoms with Crippen molar-refractivity contribution in [3.8, 4) is 17.0 Å². The number of aromatic nitrogens is 2. The van der Waals surface area contributed by atoms with Crippen LogP contribution < -0.4 is 10.5 Å². The molecule has 19 heavy (non-hydrogen) atoms. The molecule has 1 heterocycles. The standard InChI is InChI=1S/C15H19N3O/c1-15(2,3)10-5-6-13(19-4)11(7-10)12-8-14(16)18-9-17-12/h5-9H,1-4H3,(H2,16,17,18). The summed E-state index contributed by atoms with van der Waals surface area (Å²) < 4.78 is 5.41. The summed E-state index contributed by atoms with van der Waals surface area (Å²) in [6, 6.07) is 7.89. The number of benzene rings is 1. The highest BCUT2D eigenvalue weighted by Crippen LogP contribution is 2.33. The number of rotatable bonds is 2. The highest BCUT2D eigenvalue weighted by molar-refractivity contribution is 5.69. The third kappa shape index (κ3) is 2.84. The highest BCUT2D eigenvalue weighted by atomic mass is 16.5. The molecule has 0 bridgehead atoms. The van der Waals surface area contributed by atoms with Crippen molar-refractivity contribution < 1.29 is 4.74 Å². The van der Waals surface area contributed by atoms with Crippen LogP contribution in [0.2, 0.25) is 0 Å². The minimum Gasteiger partial charge on any atom is -0.496 e. The second-order valence-corrected chi connectivity index (χ2v) is 5.49. The maximum atomic E-state index is 5.72. The normalized spacial score (nSPS) is 11.4. The van der Waals surface area contributed by atoms with E-state index in [0.29, 0.717) is 5.82 Å². The SMILES string of the molecule is COc1ccc(C(C)(C)C)cc1-c1cc(N)ncn1. The molecule has 100 valence electrons. The van der Waals surface area contributed by atoms with Gasteiger partial charge in [-0.1, -0.05) is 26.8 Å². The van der Waals surface area contributed by atoms with Crippen molar-refractivity contribution in [3.63, 3.8) is 0 Å². The molecule has 0 fully saturated rings. The molecule has 4 heteroatoms. The van der Waals surface area contributed by atoms with Gasteiger partial charge in [-0.15, -0.1) is 0 Å². The van der Waals surface area contributed by atoms with E-state index in [0.717, 1.165) is 17.0 Å². The van der Waals surface area contributed by atoms with Crippen LogP contribution in [0.5, 0.6) is 5.75 Å². The van der Waals surface area contributed by atoms with Gasteiger partial charge in [0, 0.05) is 11.6 Å². The van der Waals surface area contributed by atoms with E-state index in [1.54, 1.807) is 13.2 Å². The second kappa shape index (κ2) is 4.88. The fourth-order valence-corrected chi connectivity index (χ4v) is 1.89. The first kappa shape index (κ1) is 13.3. The molecule has 1 aromatic carbocycles. The minimum absolute atomic E-state index is 0.0690. The summed E-state index contributed by atoms with van der Waals surface area (Å²) in [7, 11) is 1.65. The van der Waals surface area contributed by atoms with Crippen LogP contribution in [0.3, 0.4) is 0 Å². The summed E-state index contributed by atoms with van der Waals surface area (Å²) >= 11 is 0. The van der Waals surface area contributed by atoms with Crippen molar-refractivity contribution in [3.05, 3.63) is 36.2 Å². The lowest BCUT2D eigenvalue weighted by Crippen LogP contribution is -2.11. The molecule has 0 aliphatic rings. The Morgan fingerprint density at radius 1 is 1.11 bits per heavy atom. The van der Waals surface area contributed by atoms with Crippen LogP contribution in [-0.2, 0) is 5.41 Å². The summed E-state index contributed by atoms with van der Waals surface area (Å²) in [4.78, 5) is 8.19. The van der Waals surface area contributed by atoms with Crippen molar-refractivity contribution in [2.45, 2.75) is 26.2 Å². The lowest BCUT2D eigenvalue weighted by Gasteiger charge is -2.21. The van der Waals surface area contributed by atoms with E-state index in [9.17, 15) is 0 Å². The lowest BCUT2D eigenvalue weighted by atomic mass is 9.85. The van der Waals surface area contributed by atoms with Gasteiger partial charge in [0.2, 0.25) is 0 Å². The van der Waals surface area contributed by atoms with Crippen LogP contribution in [0.15, 0.2) is 30.6 Å². The number of hydrogen-bond acceptors (Lipinski definition) is 4. The van der Waals surface area contributed by atoms with E-state index >= 15 is 0 Å². The summed E-state index contributed by atoms with van der Waals surface area (Å²) in [6.07, 6.45) is 1.47. The Bertz CT molecular complexity index is 588. The van der Waals surface area contributed by atoms with Gasteiger partial charge in [0.25, 0.3) is 0 Å². The zero-order valence-corrected chi connectivity index (χ0v) is 11.8. The summed E-state index contributed by atoms with van der Waals surface area (Å²) in [5, 5.41) is 0. The largest absolute Gasteiger partial charge is 0.496 e. The minimum atomic E-state index is 0.0690. The summed E-state index contributed by atoms with van der Waals surface area (Å²) in [6.45, 7) is 6.52. The van der Waals surface area contributed by atoms with Crippen molar-refractivity contribution >= 4 is 5.82 Å². The van der Waals surface area contributed by atoms with Crippen molar-refractivity contribution in [1.82, 2.24) is 9.97 Å². The Kier molecular flexibility index (Phi) is 3.42. The number of anilines is 1. The number of methoxy groups -OCH3 is 1. The van der Waals surface area contributed by atoms with Gasteiger partial charge >= 0.3 is 0 Å². The van der Waals surface area contributed by atoms with Crippen LogP contribution in [-0.4, -0.2) is 17.1 Å². The van der Waals surface area contributed by atoms with E-state index in [4.69, 9.17) is 10.5 Å². The van der Waals surface area contributed by atoms with E-state index in [-0.39, 0.29) is 5.41 Å². The molecule has 0 atom stereocenters. The van der Waals surface area contributed by atoms with E-state index in [1.165, 1.54) is 11.9 Å². The molecule has 0 unspecified atom stereocenters. The average molecular weight is 257 g/mol. The molecule has 0 spiro atoms. The van der Waals surface area contributed by atoms with E-state index in [1.807, 2.05) is 6.07 Å². The molecule has 0 aliphatic carbocycles. The summed E-state index contributed by atoms with van der Waals surface area (Å²) in [5.74, 6) is 1.24. The topological polar surface area (TPSA) is 61.0 Å². The number of hydrogen-bond donors (Lipinski definition) is 1. The van der Waals surface area contributed by atoms with Crippen LogP contribution in [0.1, 0.15) is 26.3 Å². The molecule has 1 aromatic heterocycles. The van der Waals surface area contributed by atoms with Crippen LogP contribution >= 0.6 is 0 Å². The quantitative estimate of drug-likeness (QED) is 0.898. The fourth-order valence-electron chi connectivity index (χ4n) is 1.89. The molecule has 4 nitrogen and oxygen atoms in total. The molecule has 0 radical (unpaired) electrons. The number of nitrogen functional groups attached to an aromatic ring is 1. The van der Waals surface area contributed by atoms with Gasteiger partial charge in [-0.3, -0.25) is 0 Å². The maximum absolute atomic E-state index is 5.72. The van der Waals surface area contributed by atoms with Crippen molar-refractivity contribution in [1.29, 1.82) is 0 Å². The smallest absolute Gasteiger partial charge is 0.128 e. The first-order valence-electron chi connectivity index (χ1n) is 6.18. The zero-order valence-electron chi connectivity index (χ0n) is 11.8. The van der Waals surface area contributed by atoms with Gasteiger partial charge in [-0.25, -0.2) is 9.97 Å². The molecular weight excluding hydrogens is 238 g/mol. The first-order valence-corrected chi connectivity index (χ1v) is 6.18. The van der Waals surface area contributed by atoms with Gasteiger partial charge < -0.3 is 10.5 Å². The van der Waals surface area contributed by atoms with Gasteiger partial charge in [0.05, 0.1) is 12.8 Å². The number of nitrogens with zero attached hydrogens (tertiary/aromatic N) is 2. The third-order valence-electron chi connectivity index (χ3n) is 3.03. The number of nitrogens with two attached hydrogens (primary N) is 1. The van der Waals surface area contributed by atoms with Gasteiger partial charge in [0.15, 0.2) is 0 Å². The Labute approximate surface area is 113 Å². The zero-order chi connectivity index (χ0) is 14.0. The molecule has 2 rings (SSSR count). The fraction of sp³-hybridized carbons (Fsp3) is 0.333. The van der Waals surface area contributed by atoms with Crippen molar-refractivity contribution in [2.75, 3.05) is 12.8 Å². The lowest BCUT2D eigenvalue weighted by molar-refractivity contribution is 0.415. The molecule has 0 amide bonds. The Morgan fingerprint density at radius 3 is 2.42 bits per heavy atom. The Balaban J connectivity index is 2.60. The Morgan fingerprint density at radius 2 is 1.84 bits per heavy atom. The molecule has 0 saturated heterocycles. The van der Waals surface area contributed by atoms with Crippen LogP contribution in [0.4, 0.5) is 5.82 Å². The summed E-state index contributed by atoms with van der Waals surface area (Å²) in [5.41, 5.74) is 8.72. The Hall–Kier alpha value is -2.10.